The van der Waals surface area contributed by atoms with Crippen LogP contribution in [-0.2, 0) is 0 Å². The van der Waals surface area contributed by atoms with Gasteiger partial charge in [0.1, 0.15) is 0 Å². The summed E-state index contributed by atoms with van der Waals surface area (Å²) in [6.07, 6.45) is 12.1. The molecule has 0 N–H and O–H groups in total. The summed E-state index contributed by atoms with van der Waals surface area (Å²) in [4.78, 5) is 0. The molecular weight excluding hydrogens is 160 g/mol. The van der Waals surface area contributed by atoms with E-state index in [0.717, 1.165) is 0 Å². The molecule has 0 saturated carbocycles. The predicted molar refractivity (Wildman–Crippen MR) is 58.0 cm³/mol. The maximum atomic E-state index is 2.40. The molecule has 0 spiro atoms. The van der Waals surface area contributed by atoms with Crippen LogP contribution in [0.25, 0.3) is 0 Å². The molecule has 0 bridgehead atoms. The fourth-order valence-electron chi connectivity index (χ4n) is 1.51. The quantitative estimate of drug-likeness (QED) is 0.445. The summed E-state index contributed by atoms with van der Waals surface area (Å²) < 4.78 is 0. The molecule has 1 aliphatic carbocycles. The minimum absolute atomic E-state index is 0.0350. The van der Waals surface area contributed by atoms with E-state index in [-0.39, 0.29) is 8.80 Å². The van der Waals surface area contributed by atoms with Crippen LogP contribution >= 0.6 is 0 Å². The van der Waals surface area contributed by atoms with E-state index < -0.39 is 0 Å². The molecule has 0 nitrogen and oxygen atoms in total. The van der Waals surface area contributed by atoms with Crippen molar-refractivity contribution in [2.24, 2.45) is 0 Å². The molecule has 0 fully saturated rings. The molecule has 1 aliphatic rings. The molecule has 1 heteroatoms. The number of hydrogen-bond acceptors (Lipinski definition) is 0. The molecule has 0 saturated heterocycles. The first-order chi connectivity index (χ1) is 5.79. The Morgan fingerprint density at radius 1 is 1.33 bits per heavy atom. The van der Waals surface area contributed by atoms with Gasteiger partial charge in [0.15, 0.2) is 0 Å². The van der Waals surface area contributed by atoms with Crippen molar-refractivity contribution in [1.29, 1.82) is 0 Å². The first-order valence-electron chi connectivity index (χ1n) is 4.92. The van der Waals surface area contributed by atoms with Gasteiger partial charge in [0.2, 0.25) is 0 Å². The van der Waals surface area contributed by atoms with Gasteiger partial charge in [0.05, 0.1) is 0 Å². The van der Waals surface area contributed by atoms with E-state index in [2.05, 4.69) is 31.3 Å². The van der Waals surface area contributed by atoms with Crippen LogP contribution < -0.4 is 0 Å². The Hall–Kier alpha value is -0.303. The summed E-state index contributed by atoms with van der Waals surface area (Å²) in [7, 11) is 0.0350. The Kier molecular flexibility index (Phi) is 4.37. The highest BCUT2D eigenvalue weighted by molar-refractivity contribution is 6.55. The second-order valence-corrected chi connectivity index (χ2v) is 6.79. The Balaban J connectivity index is 1.96. The second-order valence-electron chi connectivity index (χ2n) is 3.87. The van der Waals surface area contributed by atoms with Gasteiger partial charge in [-0.15, -0.1) is 0 Å². The van der Waals surface area contributed by atoms with Crippen molar-refractivity contribution >= 4 is 8.80 Å². The number of hydrogen-bond donors (Lipinski definition) is 0. The lowest BCUT2D eigenvalue weighted by atomic mass is 10.1. The average Bonchev–Trinajstić information content (AvgIpc) is 2.49. The van der Waals surface area contributed by atoms with E-state index in [1.807, 2.05) is 0 Å². The SMILES string of the molecule is C[Si](C)CCCCC1=CC=CC1. The summed E-state index contributed by atoms with van der Waals surface area (Å²) in [5, 5.41) is 0. The number of rotatable bonds is 5. The highest BCUT2D eigenvalue weighted by atomic mass is 28.3. The lowest BCUT2D eigenvalue weighted by Crippen LogP contribution is -1.97. The first-order valence-corrected chi connectivity index (χ1v) is 7.63. The molecule has 0 aromatic heterocycles. The van der Waals surface area contributed by atoms with Crippen LogP contribution in [0.2, 0.25) is 19.1 Å². The molecule has 1 radical (unpaired) electrons. The van der Waals surface area contributed by atoms with Crippen LogP contribution in [-0.4, -0.2) is 8.80 Å². The van der Waals surface area contributed by atoms with Crippen LogP contribution in [0.5, 0.6) is 0 Å². The number of allylic oxidation sites excluding steroid dienone is 4. The van der Waals surface area contributed by atoms with Gasteiger partial charge in [-0.3, -0.25) is 0 Å². The zero-order chi connectivity index (χ0) is 8.81. The molecule has 0 amide bonds. The Bertz CT molecular complexity index is 177. The predicted octanol–water partition coefficient (Wildman–Crippen LogP) is 3.80. The third-order valence-corrected chi connectivity index (χ3v) is 3.63. The molecule has 0 aliphatic heterocycles. The van der Waals surface area contributed by atoms with Crippen LogP contribution in [0, 0.1) is 0 Å². The molecule has 0 aromatic rings. The van der Waals surface area contributed by atoms with Gasteiger partial charge in [-0.05, 0) is 19.3 Å². The van der Waals surface area contributed by atoms with Crippen molar-refractivity contribution in [2.45, 2.75) is 44.8 Å². The second kappa shape index (κ2) is 5.36. The van der Waals surface area contributed by atoms with Crippen molar-refractivity contribution in [3.8, 4) is 0 Å². The summed E-state index contributed by atoms with van der Waals surface area (Å²) in [5.74, 6) is 0. The van der Waals surface area contributed by atoms with Gasteiger partial charge in [0.25, 0.3) is 0 Å². The van der Waals surface area contributed by atoms with Gasteiger partial charge < -0.3 is 0 Å². The molecule has 1 rings (SSSR count). The van der Waals surface area contributed by atoms with Crippen molar-refractivity contribution < 1.29 is 0 Å². The van der Waals surface area contributed by atoms with Gasteiger partial charge in [-0.25, -0.2) is 0 Å². The highest BCUT2D eigenvalue weighted by Crippen LogP contribution is 2.18. The fraction of sp³-hybridized carbons (Fsp3) is 0.636. The number of unbranched alkanes of at least 4 members (excludes halogenated alkanes) is 1. The lowest BCUT2D eigenvalue weighted by Gasteiger charge is -2.03. The summed E-state index contributed by atoms with van der Waals surface area (Å²) >= 11 is 0. The van der Waals surface area contributed by atoms with Gasteiger partial charge in [0, 0.05) is 8.80 Å². The fourth-order valence-corrected chi connectivity index (χ4v) is 2.46. The standard InChI is InChI=1S/C11H19Si/c1-12(2)10-6-5-9-11-7-3-4-8-11/h3-4,7H,5-6,8-10H2,1-2H3. The van der Waals surface area contributed by atoms with Crippen LogP contribution in [0.3, 0.4) is 0 Å². The monoisotopic (exact) mass is 179 g/mol. The topological polar surface area (TPSA) is 0 Å². The van der Waals surface area contributed by atoms with E-state index >= 15 is 0 Å². The maximum Gasteiger partial charge on any atom is 0.0412 e. The normalized spacial score (nSPS) is 15.8. The Labute approximate surface area is 78.0 Å². The van der Waals surface area contributed by atoms with Crippen molar-refractivity contribution in [1.82, 2.24) is 0 Å². The van der Waals surface area contributed by atoms with Gasteiger partial charge in [-0.2, -0.15) is 0 Å². The first kappa shape index (κ1) is 9.78. The Morgan fingerprint density at radius 3 is 2.75 bits per heavy atom. The average molecular weight is 179 g/mol. The summed E-state index contributed by atoms with van der Waals surface area (Å²) in [5.41, 5.74) is 1.64. The summed E-state index contributed by atoms with van der Waals surface area (Å²) in [6, 6.07) is 1.49. The lowest BCUT2D eigenvalue weighted by molar-refractivity contribution is 0.773. The third kappa shape index (κ3) is 3.91. The molecule has 12 heavy (non-hydrogen) atoms. The van der Waals surface area contributed by atoms with E-state index in [9.17, 15) is 0 Å². The smallest absolute Gasteiger partial charge is 0.0412 e. The van der Waals surface area contributed by atoms with Crippen molar-refractivity contribution in [3.63, 3.8) is 0 Å². The van der Waals surface area contributed by atoms with E-state index in [4.69, 9.17) is 0 Å². The summed E-state index contributed by atoms with van der Waals surface area (Å²) in [6.45, 7) is 4.81. The van der Waals surface area contributed by atoms with Crippen LogP contribution in [0.15, 0.2) is 23.8 Å². The van der Waals surface area contributed by atoms with Crippen molar-refractivity contribution in [2.75, 3.05) is 0 Å². The molecule has 67 valence electrons. The van der Waals surface area contributed by atoms with Gasteiger partial charge >= 0.3 is 0 Å². The zero-order valence-corrected chi connectivity index (χ0v) is 9.27. The molecule has 0 aromatic carbocycles. The Morgan fingerprint density at radius 2 is 2.17 bits per heavy atom. The highest BCUT2D eigenvalue weighted by Gasteiger charge is 2.00. The minimum atomic E-state index is 0.0350. The molecule has 0 atom stereocenters. The molecule has 0 heterocycles. The van der Waals surface area contributed by atoms with E-state index in [1.54, 1.807) is 5.57 Å². The van der Waals surface area contributed by atoms with Crippen molar-refractivity contribution in [3.05, 3.63) is 23.8 Å². The largest absolute Gasteiger partial charge is 0.0805 e. The maximum absolute atomic E-state index is 2.40. The van der Waals surface area contributed by atoms with E-state index in [1.165, 1.54) is 31.7 Å². The third-order valence-electron chi connectivity index (χ3n) is 2.27. The molecular formula is C11H19Si. The van der Waals surface area contributed by atoms with E-state index in [0.29, 0.717) is 0 Å². The molecule has 0 unspecified atom stereocenters. The van der Waals surface area contributed by atoms with Crippen LogP contribution in [0.4, 0.5) is 0 Å². The van der Waals surface area contributed by atoms with Gasteiger partial charge in [-0.1, -0.05) is 49.4 Å². The minimum Gasteiger partial charge on any atom is -0.0805 e. The zero-order valence-electron chi connectivity index (χ0n) is 8.27. The van der Waals surface area contributed by atoms with Crippen LogP contribution in [0.1, 0.15) is 25.7 Å².